The Morgan fingerprint density at radius 3 is 2.82 bits per heavy atom. The molecule has 1 saturated carbocycles. The van der Waals surface area contributed by atoms with E-state index in [-0.39, 0.29) is 11.9 Å². The summed E-state index contributed by atoms with van der Waals surface area (Å²) in [7, 11) is 0. The van der Waals surface area contributed by atoms with Crippen LogP contribution in [0.25, 0.3) is 10.9 Å². The van der Waals surface area contributed by atoms with E-state index in [1.807, 2.05) is 19.1 Å². The average Bonchev–Trinajstić information content (AvgIpc) is 3.34. The van der Waals surface area contributed by atoms with E-state index in [1.165, 1.54) is 0 Å². The molecule has 1 aliphatic carbocycles. The number of ketones is 1. The van der Waals surface area contributed by atoms with Crippen LogP contribution in [0.5, 0.6) is 0 Å². The molecule has 0 amide bonds. The van der Waals surface area contributed by atoms with Crippen molar-refractivity contribution in [2.24, 2.45) is 11.8 Å². The lowest BCUT2D eigenvalue weighted by atomic mass is 9.80. The van der Waals surface area contributed by atoms with Gasteiger partial charge in [0.1, 0.15) is 12.1 Å². The normalized spacial score (nSPS) is 22.7. The van der Waals surface area contributed by atoms with Crippen molar-refractivity contribution in [1.82, 2.24) is 19.9 Å². The average molecular weight is 466 g/mol. The number of hydrogen-bond donors (Lipinski definition) is 2. The predicted octanol–water partition coefficient (Wildman–Crippen LogP) is 3.99. The fourth-order valence-corrected chi connectivity index (χ4v) is 6.01. The summed E-state index contributed by atoms with van der Waals surface area (Å²) in [5.41, 5.74) is 3.82. The summed E-state index contributed by atoms with van der Waals surface area (Å²) in [4.78, 5) is 28.8. The SMILES string of the molecule is Cc1ccc2ncnc(NCC(=O)CC3CN(C4CCC(C(O)c5cncs5)CC4)C3)c2c1. The van der Waals surface area contributed by atoms with Crippen molar-refractivity contribution in [3.8, 4) is 0 Å². The minimum absolute atomic E-state index is 0.232. The van der Waals surface area contributed by atoms with E-state index in [4.69, 9.17) is 0 Å². The lowest BCUT2D eigenvalue weighted by Crippen LogP contribution is -2.53. The molecular weight excluding hydrogens is 434 g/mol. The zero-order valence-electron chi connectivity index (χ0n) is 19.0. The minimum Gasteiger partial charge on any atom is -0.387 e. The molecule has 7 nitrogen and oxygen atoms in total. The number of rotatable bonds is 8. The van der Waals surface area contributed by atoms with Gasteiger partial charge in [0.05, 0.1) is 28.6 Å². The molecule has 1 aromatic carbocycles. The number of likely N-dealkylation sites (tertiary alicyclic amines) is 1. The number of nitrogens with zero attached hydrogens (tertiary/aromatic N) is 4. The van der Waals surface area contributed by atoms with Gasteiger partial charge in [0, 0.05) is 37.1 Å². The number of aromatic nitrogens is 3. The molecular formula is C25H31N5O2S. The molecule has 2 aliphatic rings. The molecule has 1 aliphatic heterocycles. The van der Waals surface area contributed by atoms with Crippen molar-refractivity contribution in [3.05, 3.63) is 46.7 Å². The number of hydrogen-bond acceptors (Lipinski definition) is 8. The van der Waals surface area contributed by atoms with Crippen molar-refractivity contribution in [2.45, 2.75) is 51.2 Å². The van der Waals surface area contributed by atoms with E-state index in [1.54, 1.807) is 29.4 Å². The van der Waals surface area contributed by atoms with Gasteiger partial charge in [-0.15, -0.1) is 11.3 Å². The highest BCUT2D eigenvalue weighted by Crippen LogP contribution is 2.38. The number of Topliss-reactive ketones (excluding diaryl/α,β-unsaturated/α-hetero) is 1. The van der Waals surface area contributed by atoms with Gasteiger partial charge >= 0.3 is 0 Å². The molecule has 0 bridgehead atoms. The van der Waals surface area contributed by atoms with Crippen molar-refractivity contribution in [2.75, 3.05) is 25.0 Å². The number of aryl methyl sites for hydroxylation is 1. The summed E-state index contributed by atoms with van der Waals surface area (Å²) in [6, 6.07) is 6.66. The number of fused-ring (bicyclic) bond motifs is 1. The van der Waals surface area contributed by atoms with Crippen molar-refractivity contribution < 1.29 is 9.90 Å². The highest BCUT2D eigenvalue weighted by molar-refractivity contribution is 7.09. The molecule has 1 saturated heterocycles. The number of aliphatic hydroxyl groups excluding tert-OH is 1. The second-order valence-corrected chi connectivity index (χ2v) is 10.5. The first-order valence-corrected chi connectivity index (χ1v) is 12.7. The van der Waals surface area contributed by atoms with Gasteiger partial charge in [-0.3, -0.25) is 14.7 Å². The van der Waals surface area contributed by atoms with Crippen LogP contribution in [-0.4, -0.2) is 56.4 Å². The second kappa shape index (κ2) is 9.83. The van der Waals surface area contributed by atoms with Crippen LogP contribution >= 0.6 is 11.3 Å². The number of carbonyl (C=O) groups is 1. The minimum atomic E-state index is -0.372. The number of aliphatic hydroxyl groups is 1. The lowest BCUT2D eigenvalue weighted by Gasteiger charge is -2.47. The van der Waals surface area contributed by atoms with Gasteiger partial charge in [0.25, 0.3) is 0 Å². The fourth-order valence-electron chi connectivity index (χ4n) is 5.31. The molecule has 5 rings (SSSR count). The molecule has 1 atom stereocenters. The summed E-state index contributed by atoms with van der Waals surface area (Å²) >= 11 is 1.54. The summed E-state index contributed by atoms with van der Waals surface area (Å²) in [5, 5.41) is 14.8. The van der Waals surface area contributed by atoms with E-state index in [0.29, 0.717) is 30.8 Å². The van der Waals surface area contributed by atoms with E-state index in [0.717, 1.165) is 65.9 Å². The Bertz CT molecular complexity index is 1090. The van der Waals surface area contributed by atoms with Crippen molar-refractivity contribution in [1.29, 1.82) is 0 Å². The van der Waals surface area contributed by atoms with E-state index in [9.17, 15) is 9.90 Å². The van der Waals surface area contributed by atoms with Crippen LogP contribution < -0.4 is 5.32 Å². The largest absolute Gasteiger partial charge is 0.387 e. The van der Waals surface area contributed by atoms with Crippen molar-refractivity contribution in [3.63, 3.8) is 0 Å². The number of carbonyl (C=O) groups excluding carboxylic acids is 1. The van der Waals surface area contributed by atoms with Gasteiger partial charge in [-0.05, 0) is 56.6 Å². The second-order valence-electron chi connectivity index (χ2n) is 9.58. The smallest absolute Gasteiger partial charge is 0.152 e. The Hall–Kier alpha value is -2.42. The summed E-state index contributed by atoms with van der Waals surface area (Å²) < 4.78 is 0. The molecule has 0 radical (unpaired) electrons. The maximum absolute atomic E-state index is 12.6. The molecule has 2 aromatic heterocycles. The Morgan fingerprint density at radius 1 is 1.24 bits per heavy atom. The third-order valence-electron chi connectivity index (χ3n) is 7.19. The van der Waals surface area contributed by atoms with Gasteiger partial charge in [0.2, 0.25) is 0 Å². The third-order valence-corrected chi connectivity index (χ3v) is 8.04. The van der Waals surface area contributed by atoms with E-state index < -0.39 is 0 Å². The molecule has 3 aromatic rings. The standard InChI is InChI=1S/C25H31N5O2S/c1-16-2-7-22-21(8-16)25(29-14-28-22)27-10-20(31)9-17-12-30(13-17)19-5-3-18(4-6-19)24(32)23-11-26-15-33-23/h2,7-8,11,14-15,17-19,24,32H,3-6,9-10,12-13H2,1H3,(H,27,28,29). The van der Waals surface area contributed by atoms with Gasteiger partial charge in [-0.1, -0.05) is 11.6 Å². The van der Waals surface area contributed by atoms with E-state index >= 15 is 0 Å². The van der Waals surface area contributed by atoms with Crippen LogP contribution in [0, 0.1) is 18.8 Å². The van der Waals surface area contributed by atoms with Crippen LogP contribution in [0.2, 0.25) is 0 Å². The molecule has 1 unspecified atom stereocenters. The molecule has 2 fully saturated rings. The van der Waals surface area contributed by atoms with Crippen LogP contribution in [-0.2, 0) is 4.79 Å². The molecule has 8 heteroatoms. The highest BCUT2D eigenvalue weighted by atomic mass is 32.1. The van der Waals surface area contributed by atoms with Gasteiger partial charge in [-0.2, -0.15) is 0 Å². The fraction of sp³-hybridized carbons (Fsp3) is 0.520. The first-order chi connectivity index (χ1) is 16.1. The summed E-state index contributed by atoms with van der Waals surface area (Å²) in [6.45, 7) is 4.36. The number of nitrogens with one attached hydrogen (secondary N) is 1. The Balaban J connectivity index is 1.04. The molecule has 0 spiro atoms. The quantitative estimate of drug-likeness (QED) is 0.520. The lowest BCUT2D eigenvalue weighted by molar-refractivity contribution is -0.120. The molecule has 2 N–H and O–H groups in total. The van der Waals surface area contributed by atoms with Gasteiger partial charge in [0.15, 0.2) is 5.78 Å². The maximum Gasteiger partial charge on any atom is 0.152 e. The molecule has 3 heterocycles. The number of thiazole rings is 1. The number of benzene rings is 1. The first-order valence-electron chi connectivity index (χ1n) is 11.8. The zero-order chi connectivity index (χ0) is 22.8. The number of anilines is 1. The molecule has 174 valence electrons. The van der Waals surface area contributed by atoms with E-state index in [2.05, 4.69) is 31.2 Å². The van der Waals surface area contributed by atoms with Crippen LogP contribution in [0.15, 0.2) is 36.2 Å². The van der Waals surface area contributed by atoms with Crippen LogP contribution in [0.4, 0.5) is 5.82 Å². The third kappa shape index (κ3) is 5.08. The predicted molar refractivity (Wildman–Crippen MR) is 130 cm³/mol. The topological polar surface area (TPSA) is 91.2 Å². The summed E-state index contributed by atoms with van der Waals surface area (Å²) in [5.74, 6) is 1.75. The Labute approximate surface area is 198 Å². The Morgan fingerprint density at radius 2 is 2.06 bits per heavy atom. The molecule has 33 heavy (non-hydrogen) atoms. The van der Waals surface area contributed by atoms with Crippen LogP contribution in [0.3, 0.4) is 0 Å². The van der Waals surface area contributed by atoms with Gasteiger partial charge in [-0.25, -0.2) is 9.97 Å². The first kappa shape index (κ1) is 22.4. The van der Waals surface area contributed by atoms with Gasteiger partial charge < -0.3 is 10.4 Å². The zero-order valence-corrected chi connectivity index (χ0v) is 19.8. The summed E-state index contributed by atoms with van der Waals surface area (Å²) in [6.07, 6.45) is 7.95. The van der Waals surface area contributed by atoms with Crippen molar-refractivity contribution >= 4 is 33.8 Å². The van der Waals surface area contributed by atoms with Crippen LogP contribution in [0.1, 0.15) is 48.6 Å². The highest BCUT2D eigenvalue weighted by Gasteiger charge is 2.36. The monoisotopic (exact) mass is 465 g/mol. The maximum atomic E-state index is 12.6. The Kier molecular flexibility index (Phi) is 6.66.